The standard InChI is InChI=1S/C23H32N2O4S2/c1-15(2)12-24(5)31(27,28)23-21(22(26)29-6)19-9-10-25(14-20(19)30-23)13-18-11-16(3)7-8-17(18)4/h7-8,11,15H,9-10,12-14H2,1-6H3. The molecule has 0 amide bonds. The van der Waals surface area contributed by atoms with E-state index in [-0.39, 0.29) is 15.7 Å². The van der Waals surface area contributed by atoms with Crippen molar-refractivity contribution in [2.75, 3.05) is 27.2 Å². The van der Waals surface area contributed by atoms with Gasteiger partial charge in [0.2, 0.25) is 0 Å². The molecule has 1 aromatic heterocycles. The number of benzene rings is 1. The molecule has 2 aromatic rings. The molecule has 0 N–H and O–H groups in total. The lowest BCUT2D eigenvalue weighted by atomic mass is 10.0. The van der Waals surface area contributed by atoms with Gasteiger partial charge in [0.1, 0.15) is 4.21 Å². The van der Waals surface area contributed by atoms with Crippen molar-refractivity contribution in [3.05, 3.63) is 50.9 Å². The van der Waals surface area contributed by atoms with Crippen LogP contribution < -0.4 is 0 Å². The van der Waals surface area contributed by atoms with Gasteiger partial charge in [-0.1, -0.05) is 37.6 Å². The molecule has 0 saturated heterocycles. The van der Waals surface area contributed by atoms with Crippen LogP contribution in [0.3, 0.4) is 0 Å². The molecule has 0 radical (unpaired) electrons. The lowest BCUT2D eigenvalue weighted by Crippen LogP contribution is -2.31. The third kappa shape index (κ3) is 5.03. The van der Waals surface area contributed by atoms with Crippen molar-refractivity contribution >= 4 is 27.3 Å². The summed E-state index contributed by atoms with van der Waals surface area (Å²) < 4.78 is 33.0. The molecule has 0 aliphatic carbocycles. The summed E-state index contributed by atoms with van der Waals surface area (Å²) in [4.78, 5) is 15.9. The number of esters is 1. The molecule has 1 aliphatic rings. The van der Waals surface area contributed by atoms with Gasteiger partial charge in [-0.3, -0.25) is 4.90 Å². The number of sulfonamides is 1. The Morgan fingerprint density at radius 1 is 1.29 bits per heavy atom. The first-order valence-electron chi connectivity index (χ1n) is 10.5. The Bertz CT molecular complexity index is 1070. The molecule has 0 atom stereocenters. The molecule has 3 rings (SSSR count). The molecule has 0 fully saturated rings. The molecular formula is C23H32N2O4S2. The van der Waals surface area contributed by atoms with E-state index in [9.17, 15) is 13.2 Å². The highest BCUT2D eigenvalue weighted by Crippen LogP contribution is 2.38. The van der Waals surface area contributed by atoms with Gasteiger partial charge in [-0.25, -0.2) is 13.2 Å². The van der Waals surface area contributed by atoms with Gasteiger partial charge in [-0.15, -0.1) is 11.3 Å². The maximum Gasteiger partial charge on any atom is 0.340 e. The average molecular weight is 465 g/mol. The number of aryl methyl sites for hydroxylation is 2. The van der Waals surface area contributed by atoms with Crippen molar-refractivity contribution in [3.63, 3.8) is 0 Å². The van der Waals surface area contributed by atoms with E-state index in [1.165, 1.54) is 39.4 Å². The van der Waals surface area contributed by atoms with Crippen LogP contribution >= 0.6 is 11.3 Å². The normalized spacial score (nSPS) is 14.8. The molecule has 1 aromatic carbocycles. The number of methoxy groups -OCH3 is 1. The predicted octanol–water partition coefficient (Wildman–Crippen LogP) is 3.99. The van der Waals surface area contributed by atoms with Crippen molar-refractivity contribution in [3.8, 4) is 0 Å². The van der Waals surface area contributed by atoms with Crippen LogP contribution in [-0.4, -0.2) is 50.8 Å². The summed E-state index contributed by atoms with van der Waals surface area (Å²) in [6.07, 6.45) is 0.630. The van der Waals surface area contributed by atoms with E-state index in [1.54, 1.807) is 7.05 Å². The zero-order valence-electron chi connectivity index (χ0n) is 19.2. The molecule has 0 spiro atoms. The Morgan fingerprint density at radius 2 is 2.00 bits per heavy atom. The SMILES string of the molecule is COC(=O)c1c(S(=O)(=O)N(C)CC(C)C)sc2c1CCN(Cc1cc(C)ccc1C)C2. The molecule has 0 unspecified atom stereocenters. The highest BCUT2D eigenvalue weighted by molar-refractivity contribution is 7.91. The quantitative estimate of drug-likeness (QED) is 0.580. The van der Waals surface area contributed by atoms with E-state index in [1.807, 2.05) is 13.8 Å². The lowest BCUT2D eigenvalue weighted by Gasteiger charge is -2.27. The van der Waals surface area contributed by atoms with Gasteiger partial charge < -0.3 is 4.74 Å². The fourth-order valence-corrected chi connectivity index (χ4v) is 7.48. The number of nitrogens with zero attached hydrogens (tertiary/aromatic N) is 2. The van der Waals surface area contributed by atoms with Crippen LogP contribution in [0.2, 0.25) is 0 Å². The summed E-state index contributed by atoms with van der Waals surface area (Å²) in [6.45, 7) is 10.7. The number of fused-ring (bicyclic) bond motifs is 1. The van der Waals surface area contributed by atoms with E-state index in [0.29, 0.717) is 19.5 Å². The Morgan fingerprint density at radius 3 is 2.65 bits per heavy atom. The molecule has 8 heteroatoms. The second kappa shape index (κ2) is 9.40. The number of ether oxygens (including phenoxy) is 1. The Hall–Kier alpha value is -1.74. The lowest BCUT2D eigenvalue weighted by molar-refractivity contribution is 0.0595. The van der Waals surface area contributed by atoms with E-state index in [4.69, 9.17) is 4.74 Å². The van der Waals surface area contributed by atoms with Crippen LogP contribution in [0.1, 0.15) is 51.3 Å². The van der Waals surface area contributed by atoms with Crippen molar-refractivity contribution in [2.24, 2.45) is 5.92 Å². The van der Waals surface area contributed by atoms with Gasteiger partial charge in [0.15, 0.2) is 0 Å². The highest BCUT2D eigenvalue weighted by atomic mass is 32.2. The predicted molar refractivity (Wildman–Crippen MR) is 124 cm³/mol. The topological polar surface area (TPSA) is 66.9 Å². The number of hydrogen-bond acceptors (Lipinski definition) is 6. The zero-order valence-corrected chi connectivity index (χ0v) is 20.8. The van der Waals surface area contributed by atoms with Crippen LogP contribution in [0.25, 0.3) is 0 Å². The number of carbonyl (C=O) groups excluding carboxylic acids is 1. The van der Waals surface area contributed by atoms with Gasteiger partial charge in [-0.2, -0.15) is 4.31 Å². The summed E-state index contributed by atoms with van der Waals surface area (Å²) in [7, 11) is -0.897. The monoisotopic (exact) mass is 464 g/mol. The maximum atomic E-state index is 13.3. The summed E-state index contributed by atoms with van der Waals surface area (Å²) in [5, 5.41) is 0. The van der Waals surface area contributed by atoms with E-state index < -0.39 is 16.0 Å². The van der Waals surface area contributed by atoms with Gasteiger partial charge in [-0.05, 0) is 42.9 Å². The third-order valence-electron chi connectivity index (χ3n) is 5.66. The van der Waals surface area contributed by atoms with Crippen LogP contribution in [0.4, 0.5) is 0 Å². The van der Waals surface area contributed by atoms with Crippen molar-refractivity contribution < 1.29 is 17.9 Å². The van der Waals surface area contributed by atoms with E-state index in [0.717, 1.165) is 23.5 Å². The van der Waals surface area contributed by atoms with Crippen molar-refractivity contribution in [1.82, 2.24) is 9.21 Å². The minimum atomic E-state index is -3.77. The van der Waals surface area contributed by atoms with Crippen molar-refractivity contribution in [1.29, 1.82) is 0 Å². The fourth-order valence-electron chi connectivity index (χ4n) is 4.02. The number of hydrogen-bond donors (Lipinski definition) is 0. The molecule has 2 heterocycles. The molecule has 0 bridgehead atoms. The van der Waals surface area contributed by atoms with Crippen molar-refractivity contribution in [2.45, 2.75) is 51.4 Å². The highest BCUT2D eigenvalue weighted by Gasteiger charge is 2.36. The smallest absolute Gasteiger partial charge is 0.340 e. The first kappa shape index (κ1) is 23.9. The second-order valence-corrected chi connectivity index (χ2v) is 12.1. The van der Waals surface area contributed by atoms with E-state index >= 15 is 0 Å². The Kier molecular flexibility index (Phi) is 7.25. The third-order valence-corrected chi connectivity index (χ3v) is 9.19. The summed E-state index contributed by atoms with van der Waals surface area (Å²) in [5.74, 6) is -0.388. The zero-order chi connectivity index (χ0) is 22.9. The Labute approximate surface area is 189 Å². The molecule has 31 heavy (non-hydrogen) atoms. The largest absolute Gasteiger partial charge is 0.465 e. The number of thiophene rings is 1. The number of rotatable bonds is 7. The van der Waals surface area contributed by atoms with Crippen LogP contribution in [0.5, 0.6) is 0 Å². The van der Waals surface area contributed by atoms with Crippen LogP contribution in [0, 0.1) is 19.8 Å². The molecular weight excluding hydrogens is 432 g/mol. The van der Waals surface area contributed by atoms with Gasteiger partial charge in [0.05, 0.1) is 12.7 Å². The summed E-state index contributed by atoms with van der Waals surface area (Å²) >= 11 is 1.22. The minimum Gasteiger partial charge on any atom is -0.465 e. The fraction of sp³-hybridized carbons (Fsp3) is 0.522. The van der Waals surface area contributed by atoms with Gasteiger partial charge in [0, 0.05) is 38.1 Å². The van der Waals surface area contributed by atoms with Crippen LogP contribution in [0.15, 0.2) is 22.4 Å². The molecule has 6 nitrogen and oxygen atoms in total. The van der Waals surface area contributed by atoms with Gasteiger partial charge in [0.25, 0.3) is 10.0 Å². The van der Waals surface area contributed by atoms with E-state index in [2.05, 4.69) is 36.9 Å². The Balaban J connectivity index is 1.95. The first-order valence-corrected chi connectivity index (χ1v) is 12.8. The number of carbonyl (C=O) groups is 1. The maximum absolute atomic E-state index is 13.3. The summed E-state index contributed by atoms with van der Waals surface area (Å²) in [5.41, 5.74) is 4.80. The average Bonchev–Trinajstić information content (AvgIpc) is 3.09. The van der Waals surface area contributed by atoms with Crippen LogP contribution in [-0.2, 0) is 34.3 Å². The minimum absolute atomic E-state index is 0.112. The summed E-state index contributed by atoms with van der Waals surface area (Å²) in [6, 6.07) is 6.45. The van der Waals surface area contributed by atoms with Gasteiger partial charge >= 0.3 is 5.97 Å². The molecule has 1 aliphatic heterocycles. The molecule has 170 valence electrons. The molecule has 0 saturated carbocycles. The first-order chi connectivity index (χ1) is 14.5. The second-order valence-electron chi connectivity index (χ2n) is 8.73.